The molecule has 0 saturated heterocycles. The van der Waals surface area contributed by atoms with Gasteiger partial charge in [0.1, 0.15) is 11.6 Å². The fourth-order valence-electron chi connectivity index (χ4n) is 2.25. The van der Waals surface area contributed by atoms with Crippen LogP contribution in [0.25, 0.3) is 0 Å². The van der Waals surface area contributed by atoms with Crippen LogP contribution in [-0.4, -0.2) is 6.54 Å². The fourth-order valence-corrected chi connectivity index (χ4v) is 2.25. The Balaban J connectivity index is 2.47. The van der Waals surface area contributed by atoms with Gasteiger partial charge < -0.3 is 5.73 Å². The molecule has 0 aliphatic heterocycles. The van der Waals surface area contributed by atoms with E-state index in [0.29, 0.717) is 17.7 Å². The SMILES string of the molecule is Cc1cc(C2(CN)CCC2)c(F)cc1F. The van der Waals surface area contributed by atoms with Crippen molar-refractivity contribution >= 4 is 0 Å². The van der Waals surface area contributed by atoms with Gasteiger partial charge in [-0.05, 0) is 37.0 Å². The summed E-state index contributed by atoms with van der Waals surface area (Å²) in [5.74, 6) is -0.939. The molecule has 1 fully saturated rings. The van der Waals surface area contributed by atoms with Crippen LogP contribution >= 0.6 is 0 Å². The van der Waals surface area contributed by atoms with E-state index in [1.165, 1.54) is 0 Å². The highest BCUT2D eigenvalue weighted by Gasteiger charge is 2.39. The molecule has 1 aliphatic rings. The number of halogens is 2. The van der Waals surface area contributed by atoms with Crippen molar-refractivity contribution in [3.05, 3.63) is 34.9 Å². The molecule has 1 aromatic carbocycles. The van der Waals surface area contributed by atoms with E-state index in [2.05, 4.69) is 0 Å². The lowest BCUT2D eigenvalue weighted by Crippen LogP contribution is -2.42. The lowest BCUT2D eigenvalue weighted by atomic mass is 9.64. The molecule has 0 heterocycles. The quantitative estimate of drug-likeness (QED) is 0.799. The Kier molecular flexibility index (Phi) is 2.51. The summed E-state index contributed by atoms with van der Waals surface area (Å²) < 4.78 is 26.7. The van der Waals surface area contributed by atoms with Crippen molar-refractivity contribution in [2.24, 2.45) is 5.73 Å². The first kappa shape index (κ1) is 10.6. The van der Waals surface area contributed by atoms with Gasteiger partial charge in [-0.15, -0.1) is 0 Å². The zero-order valence-electron chi connectivity index (χ0n) is 8.82. The average Bonchev–Trinajstić information content (AvgIpc) is 2.12. The molecule has 1 aromatic rings. The number of benzene rings is 1. The van der Waals surface area contributed by atoms with E-state index in [1.807, 2.05) is 0 Å². The van der Waals surface area contributed by atoms with Crippen LogP contribution in [0, 0.1) is 18.6 Å². The monoisotopic (exact) mass is 211 g/mol. The standard InChI is InChI=1S/C12H15F2N/c1-8-5-9(11(14)6-10(8)13)12(7-15)3-2-4-12/h5-6H,2-4,7,15H2,1H3. The first-order valence-electron chi connectivity index (χ1n) is 5.25. The van der Waals surface area contributed by atoms with E-state index in [4.69, 9.17) is 5.73 Å². The first-order valence-corrected chi connectivity index (χ1v) is 5.25. The fraction of sp³-hybridized carbons (Fsp3) is 0.500. The van der Waals surface area contributed by atoms with Crippen LogP contribution in [0.3, 0.4) is 0 Å². The van der Waals surface area contributed by atoms with Crippen LogP contribution in [0.15, 0.2) is 12.1 Å². The van der Waals surface area contributed by atoms with Gasteiger partial charge in [0.15, 0.2) is 0 Å². The molecule has 82 valence electrons. The molecule has 1 saturated carbocycles. The van der Waals surface area contributed by atoms with E-state index < -0.39 is 11.6 Å². The Morgan fingerprint density at radius 3 is 2.40 bits per heavy atom. The molecule has 2 rings (SSSR count). The van der Waals surface area contributed by atoms with E-state index in [9.17, 15) is 8.78 Å². The zero-order valence-corrected chi connectivity index (χ0v) is 8.82. The molecule has 2 N–H and O–H groups in total. The lowest BCUT2D eigenvalue weighted by molar-refractivity contribution is 0.244. The summed E-state index contributed by atoms with van der Waals surface area (Å²) in [6.45, 7) is 2.09. The number of hydrogen-bond acceptors (Lipinski definition) is 1. The predicted octanol–water partition coefficient (Wildman–Crippen LogP) is 2.65. The van der Waals surface area contributed by atoms with Crippen LogP contribution in [0.1, 0.15) is 30.4 Å². The van der Waals surface area contributed by atoms with Gasteiger partial charge in [-0.25, -0.2) is 8.78 Å². The minimum absolute atomic E-state index is 0.234. The highest BCUT2D eigenvalue weighted by Crippen LogP contribution is 2.44. The third-order valence-corrected chi connectivity index (χ3v) is 3.52. The second-order valence-corrected chi connectivity index (χ2v) is 4.42. The molecule has 3 heteroatoms. The number of hydrogen-bond donors (Lipinski definition) is 1. The Morgan fingerprint density at radius 2 is 1.93 bits per heavy atom. The van der Waals surface area contributed by atoms with Gasteiger partial charge in [-0.3, -0.25) is 0 Å². The van der Waals surface area contributed by atoms with Crippen molar-refractivity contribution < 1.29 is 8.78 Å². The van der Waals surface area contributed by atoms with Crippen molar-refractivity contribution in [1.82, 2.24) is 0 Å². The molecule has 1 nitrogen and oxygen atoms in total. The van der Waals surface area contributed by atoms with Crippen molar-refractivity contribution in [2.45, 2.75) is 31.6 Å². The molecule has 0 bridgehead atoms. The Hall–Kier alpha value is -0.960. The Bertz CT molecular complexity index is 378. The maximum atomic E-state index is 13.6. The Labute approximate surface area is 88.3 Å². The normalized spacial score (nSPS) is 18.7. The summed E-state index contributed by atoms with van der Waals surface area (Å²) in [5.41, 5.74) is 6.55. The van der Waals surface area contributed by atoms with Crippen molar-refractivity contribution in [3.63, 3.8) is 0 Å². The van der Waals surface area contributed by atoms with Gasteiger partial charge in [0.25, 0.3) is 0 Å². The van der Waals surface area contributed by atoms with E-state index in [-0.39, 0.29) is 5.41 Å². The smallest absolute Gasteiger partial charge is 0.129 e. The third kappa shape index (κ3) is 1.55. The summed E-state index contributed by atoms with van der Waals surface area (Å²) in [5, 5.41) is 0. The van der Waals surface area contributed by atoms with Gasteiger partial charge in [0, 0.05) is 18.0 Å². The van der Waals surface area contributed by atoms with Crippen LogP contribution in [0.2, 0.25) is 0 Å². The molecule has 0 atom stereocenters. The van der Waals surface area contributed by atoms with Crippen LogP contribution in [-0.2, 0) is 5.41 Å². The average molecular weight is 211 g/mol. The van der Waals surface area contributed by atoms with Gasteiger partial charge in [0.2, 0.25) is 0 Å². The molecular weight excluding hydrogens is 196 g/mol. The maximum Gasteiger partial charge on any atom is 0.129 e. The van der Waals surface area contributed by atoms with Gasteiger partial charge in [-0.1, -0.05) is 6.42 Å². The van der Waals surface area contributed by atoms with Gasteiger partial charge >= 0.3 is 0 Å². The van der Waals surface area contributed by atoms with Gasteiger partial charge in [-0.2, -0.15) is 0 Å². The van der Waals surface area contributed by atoms with Gasteiger partial charge in [0.05, 0.1) is 0 Å². The summed E-state index contributed by atoms with van der Waals surface area (Å²) >= 11 is 0. The number of rotatable bonds is 2. The van der Waals surface area contributed by atoms with E-state index in [1.54, 1.807) is 13.0 Å². The Morgan fingerprint density at radius 1 is 1.27 bits per heavy atom. The molecule has 0 amide bonds. The third-order valence-electron chi connectivity index (χ3n) is 3.52. The van der Waals surface area contributed by atoms with E-state index in [0.717, 1.165) is 25.3 Å². The van der Waals surface area contributed by atoms with Crippen LogP contribution in [0.5, 0.6) is 0 Å². The second kappa shape index (κ2) is 3.56. The summed E-state index contributed by atoms with van der Waals surface area (Å²) in [4.78, 5) is 0. The summed E-state index contributed by atoms with van der Waals surface area (Å²) in [7, 11) is 0. The molecule has 0 radical (unpaired) electrons. The maximum absolute atomic E-state index is 13.6. The zero-order chi connectivity index (χ0) is 11.1. The highest BCUT2D eigenvalue weighted by molar-refractivity contribution is 5.34. The molecule has 0 aromatic heterocycles. The topological polar surface area (TPSA) is 26.0 Å². The van der Waals surface area contributed by atoms with Crippen molar-refractivity contribution in [2.75, 3.05) is 6.54 Å². The molecule has 1 aliphatic carbocycles. The second-order valence-electron chi connectivity index (χ2n) is 4.42. The number of aryl methyl sites for hydroxylation is 1. The molecule has 0 spiro atoms. The van der Waals surface area contributed by atoms with Crippen molar-refractivity contribution in [1.29, 1.82) is 0 Å². The predicted molar refractivity (Wildman–Crippen MR) is 55.7 cm³/mol. The van der Waals surface area contributed by atoms with Crippen LogP contribution in [0.4, 0.5) is 8.78 Å². The summed E-state index contributed by atoms with van der Waals surface area (Å²) in [6.07, 6.45) is 2.89. The molecule has 0 unspecified atom stereocenters. The first-order chi connectivity index (χ1) is 7.09. The molecule has 15 heavy (non-hydrogen) atoms. The van der Waals surface area contributed by atoms with Crippen molar-refractivity contribution in [3.8, 4) is 0 Å². The minimum atomic E-state index is -0.484. The van der Waals surface area contributed by atoms with Crippen LogP contribution < -0.4 is 5.73 Å². The summed E-state index contributed by atoms with van der Waals surface area (Å²) in [6, 6.07) is 2.58. The number of nitrogens with two attached hydrogens (primary N) is 1. The highest BCUT2D eigenvalue weighted by atomic mass is 19.1. The van der Waals surface area contributed by atoms with E-state index >= 15 is 0 Å². The largest absolute Gasteiger partial charge is 0.330 e. The molecular formula is C12H15F2N. The minimum Gasteiger partial charge on any atom is -0.330 e. The lowest BCUT2D eigenvalue weighted by Gasteiger charge is -2.41.